The van der Waals surface area contributed by atoms with Gasteiger partial charge >= 0.3 is 5.97 Å². The van der Waals surface area contributed by atoms with Crippen LogP contribution < -0.4 is 5.56 Å². The minimum absolute atomic E-state index is 0.0385. The zero-order valence-corrected chi connectivity index (χ0v) is 10.8. The van der Waals surface area contributed by atoms with E-state index < -0.39 is 11.5 Å². The Balaban J connectivity index is 2.31. The molecule has 4 heteroatoms. The first-order valence-electron chi connectivity index (χ1n) is 6.30. The van der Waals surface area contributed by atoms with Gasteiger partial charge in [0.15, 0.2) is 0 Å². The summed E-state index contributed by atoms with van der Waals surface area (Å²) in [6.45, 7) is 6.60. The second-order valence-electron chi connectivity index (χ2n) is 6.29. The van der Waals surface area contributed by atoms with Crippen molar-refractivity contribution < 1.29 is 9.90 Å². The van der Waals surface area contributed by atoms with Crippen LogP contribution in [-0.2, 0) is 5.41 Å². The zero-order chi connectivity index (χ0) is 13.3. The van der Waals surface area contributed by atoms with Crippen LogP contribution in [0.2, 0.25) is 0 Å². The Bertz CT molecular complexity index is 614. The Morgan fingerprint density at radius 1 is 1.44 bits per heavy atom. The lowest BCUT2D eigenvalue weighted by molar-refractivity contribution is 0.0694. The van der Waals surface area contributed by atoms with Crippen LogP contribution in [0, 0.1) is 5.41 Å². The largest absolute Gasteiger partial charge is 0.477 e. The van der Waals surface area contributed by atoms with Crippen molar-refractivity contribution in [2.45, 2.75) is 44.9 Å². The van der Waals surface area contributed by atoms with E-state index in [1.807, 2.05) is 0 Å². The Labute approximate surface area is 105 Å². The molecular weight excluding hydrogens is 230 g/mol. The monoisotopic (exact) mass is 247 g/mol. The second kappa shape index (κ2) is 3.05. The third-order valence-electron chi connectivity index (χ3n) is 5.46. The maximum absolute atomic E-state index is 11.8. The molecule has 3 rings (SSSR count). The molecule has 0 amide bonds. The SMILES string of the molecule is CC12CCC(c3cc(C(=O)O)c(=O)[nH]c31)C2(C)C. The summed E-state index contributed by atoms with van der Waals surface area (Å²) in [5, 5.41) is 9.04. The first-order valence-corrected chi connectivity index (χ1v) is 6.30. The lowest BCUT2D eigenvalue weighted by atomic mass is 9.70. The number of hydrogen-bond acceptors (Lipinski definition) is 2. The minimum atomic E-state index is -1.15. The van der Waals surface area contributed by atoms with Gasteiger partial charge in [0.05, 0.1) is 0 Å². The number of pyridine rings is 1. The van der Waals surface area contributed by atoms with Crippen LogP contribution >= 0.6 is 0 Å². The van der Waals surface area contributed by atoms with Gasteiger partial charge in [-0.2, -0.15) is 0 Å². The molecule has 2 N–H and O–H groups in total. The molecule has 1 saturated carbocycles. The number of H-pyrrole nitrogens is 1. The number of nitrogens with one attached hydrogen (secondary N) is 1. The summed E-state index contributed by atoms with van der Waals surface area (Å²) in [4.78, 5) is 25.7. The van der Waals surface area contributed by atoms with Crippen molar-refractivity contribution >= 4 is 5.97 Å². The van der Waals surface area contributed by atoms with Crippen molar-refractivity contribution in [3.05, 3.63) is 33.2 Å². The predicted octanol–water partition coefficient (Wildman–Crippen LogP) is 2.25. The molecule has 1 heterocycles. The fourth-order valence-electron chi connectivity index (χ4n) is 3.93. The lowest BCUT2D eigenvalue weighted by Gasteiger charge is -2.34. The molecule has 0 radical (unpaired) electrons. The summed E-state index contributed by atoms with van der Waals surface area (Å²) < 4.78 is 0. The van der Waals surface area contributed by atoms with Crippen molar-refractivity contribution in [1.29, 1.82) is 0 Å². The number of aromatic amines is 1. The third kappa shape index (κ3) is 1.06. The maximum atomic E-state index is 11.8. The van der Waals surface area contributed by atoms with Crippen LogP contribution in [0.5, 0.6) is 0 Å². The highest BCUT2D eigenvalue weighted by molar-refractivity contribution is 5.87. The van der Waals surface area contributed by atoms with Crippen LogP contribution in [0.3, 0.4) is 0 Å². The Morgan fingerprint density at radius 3 is 2.72 bits per heavy atom. The van der Waals surface area contributed by atoms with E-state index in [1.165, 1.54) is 0 Å². The average Bonchev–Trinajstić information content (AvgIpc) is 2.59. The van der Waals surface area contributed by atoms with Gasteiger partial charge in [0, 0.05) is 11.1 Å². The van der Waals surface area contributed by atoms with E-state index in [0.29, 0.717) is 5.92 Å². The average molecular weight is 247 g/mol. The van der Waals surface area contributed by atoms with Crippen molar-refractivity contribution in [2.75, 3.05) is 0 Å². The Hall–Kier alpha value is -1.58. The molecule has 96 valence electrons. The number of carboxylic acids is 1. The number of aromatic nitrogens is 1. The first-order chi connectivity index (χ1) is 8.29. The van der Waals surface area contributed by atoms with E-state index in [4.69, 9.17) is 5.11 Å². The van der Waals surface area contributed by atoms with Gasteiger partial charge in [-0.05, 0) is 35.8 Å². The molecule has 2 bridgehead atoms. The van der Waals surface area contributed by atoms with Gasteiger partial charge in [-0.1, -0.05) is 20.8 Å². The molecular formula is C14H17NO3. The molecule has 4 nitrogen and oxygen atoms in total. The normalized spacial score (nSPS) is 31.4. The number of carbonyl (C=O) groups is 1. The molecule has 18 heavy (non-hydrogen) atoms. The molecule has 0 aromatic carbocycles. The number of rotatable bonds is 1. The van der Waals surface area contributed by atoms with E-state index in [-0.39, 0.29) is 16.4 Å². The number of aromatic carboxylic acids is 1. The van der Waals surface area contributed by atoms with Crippen LogP contribution in [0.15, 0.2) is 10.9 Å². The van der Waals surface area contributed by atoms with Crippen molar-refractivity contribution in [1.82, 2.24) is 4.98 Å². The fourth-order valence-corrected chi connectivity index (χ4v) is 3.93. The molecule has 0 saturated heterocycles. The fraction of sp³-hybridized carbons (Fsp3) is 0.571. The molecule has 2 aliphatic rings. The van der Waals surface area contributed by atoms with Crippen LogP contribution in [0.1, 0.15) is 61.1 Å². The van der Waals surface area contributed by atoms with Gasteiger partial charge < -0.3 is 10.1 Å². The topological polar surface area (TPSA) is 70.2 Å². The third-order valence-corrected chi connectivity index (χ3v) is 5.46. The van der Waals surface area contributed by atoms with E-state index >= 15 is 0 Å². The summed E-state index contributed by atoms with van der Waals surface area (Å²) >= 11 is 0. The summed E-state index contributed by atoms with van der Waals surface area (Å²) in [6, 6.07) is 1.59. The van der Waals surface area contributed by atoms with Crippen LogP contribution in [-0.4, -0.2) is 16.1 Å². The van der Waals surface area contributed by atoms with Gasteiger partial charge in [-0.3, -0.25) is 4.79 Å². The van der Waals surface area contributed by atoms with Crippen LogP contribution in [0.4, 0.5) is 0 Å². The maximum Gasteiger partial charge on any atom is 0.341 e. The quantitative estimate of drug-likeness (QED) is 0.799. The molecule has 2 atom stereocenters. The molecule has 2 aliphatic carbocycles. The van der Waals surface area contributed by atoms with Gasteiger partial charge in [-0.25, -0.2) is 4.79 Å². The molecule has 1 fully saturated rings. The molecule has 0 aliphatic heterocycles. The highest BCUT2D eigenvalue weighted by atomic mass is 16.4. The number of fused-ring (bicyclic) bond motifs is 5. The molecule has 2 unspecified atom stereocenters. The number of carboxylic acid groups (broad SMARTS) is 1. The predicted molar refractivity (Wildman–Crippen MR) is 67.1 cm³/mol. The van der Waals surface area contributed by atoms with Crippen LogP contribution in [0.25, 0.3) is 0 Å². The van der Waals surface area contributed by atoms with E-state index in [1.54, 1.807) is 6.07 Å². The van der Waals surface area contributed by atoms with E-state index in [9.17, 15) is 9.59 Å². The highest BCUT2D eigenvalue weighted by Crippen LogP contribution is 2.66. The van der Waals surface area contributed by atoms with Gasteiger partial charge in [0.25, 0.3) is 5.56 Å². The molecule has 0 spiro atoms. The van der Waals surface area contributed by atoms with Gasteiger partial charge in [0.1, 0.15) is 5.56 Å². The van der Waals surface area contributed by atoms with Crippen molar-refractivity contribution in [3.63, 3.8) is 0 Å². The summed E-state index contributed by atoms with van der Waals surface area (Å²) in [5.74, 6) is -0.794. The van der Waals surface area contributed by atoms with Gasteiger partial charge in [0.2, 0.25) is 0 Å². The number of hydrogen-bond donors (Lipinski definition) is 2. The van der Waals surface area contributed by atoms with E-state index in [2.05, 4.69) is 25.8 Å². The van der Waals surface area contributed by atoms with E-state index in [0.717, 1.165) is 24.1 Å². The minimum Gasteiger partial charge on any atom is -0.477 e. The summed E-state index contributed by atoms with van der Waals surface area (Å²) in [6.07, 6.45) is 2.13. The standard InChI is InChI=1S/C14H17NO3/c1-13(2)9-4-5-14(13,3)10-7(9)6-8(12(17)18)11(16)15-10/h6,9H,4-5H2,1-3H3,(H,15,16)(H,17,18). The second-order valence-corrected chi connectivity index (χ2v) is 6.29. The molecule has 1 aromatic rings. The summed E-state index contributed by atoms with van der Waals surface area (Å²) in [7, 11) is 0. The van der Waals surface area contributed by atoms with Crippen molar-refractivity contribution in [3.8, 4) is 0 Å². The Kier molecular flexibility index (Phi) is 1.95. The van der Waals surface area contributed by atoms with Gasteiger partial charge in [-0.15, -0.1) is 0 Å². The van der Waals surface area contributed by atoms with Crippen molar-refractivity contribution in [2.24, 2.45) is 5.41 Å². The lowest BCUT2D eigenvalue weighted by Crippen LogP contribution is -2.33. The Morgan fingerprint density at radius 2 is 2.11 bits per heavy atom. The summed E-state index contributed by atoms with van der Waals surface area (Å²) in [5.41, 5.74) is 1.41. The smallest absolute Gasteiger partial charge is 0.341 e. The molecule has 1 aromatic heterocycles. The first kappa shape index (κ1) is 11.5. The zero-order valence-electron chi connectivity index (χ0n) is 10.8. The highest BCUT2D eigenvalue weighted by Gasteiger charge is 2.60.